The van der Waals surface area contributed by atoms with Gasteiger partial charge in [0.15, 0.2) is 0 Å². The van der Waals surface area contributed by atoms with Gasteiger partial charge < -0.3 is 10.1 Å². The molecule has 1 aliphatic heterocycles. The fourth-order valence-electron chi connectivity index (χ4n) is 2.89. The van der Waals surface area contributed by atoms with Crippen LogP contribution in [-0.4, -0.2) is 43.2 Å². The molecule has 1 N–H and O–H groups in total. The molecule has 1 aliphatic rings. The van der Waals surface area contributed by atoms with Gasteiger partial charge in [0.05, 0.1) is 0 Å². The number of rotatable bonds is 7. The predicted molar refractivity (Wildman–Crippen MR) is 84.3 cm³/mol. The maximum Gasteiger partial charge on any atom is 0.119 e. The first-order chi connectivity index (χ1) is 9.83. The molecule has 1 aromatic rings. The van der Waals surface area contributed by atoms with Crippen LogP contribution in [0.2, 0.25) is 0 Å². The fraction of sp³-hybridized carbons (Fsp3) is 0.647. The number of hydrogen-bond acceptors (Lipinski definition) is 3. The molecule has 0 aliphatic carbocycles. The van der Waals surface area contributed by atoms with Gasteiger partial charge in [-0.3, -0.25) is 4.90 Å². The van der Waals surface area contributed by atoms with Crippen molar-refractivity contribution >= 4 is 0 Å². The zero-order valence-electron chi connectivity index (χ0n) is 12.8. The molecule has 1 saturated heterocycles. The maximum atomic E-state index is 5.84. The Labute approximate surface area is 123 Å². The van der Waals surface area contributed by atoms with Crippen molar-refractivity contribution in [1.29, 1.82) is 0 Å². The second-order valence-electron chi connectivity index (χ2n) is 5.61. The van der Waals surface area contributed by atoms with Crippen LogP contribution in [0.5, 0.6) is 5.75 Å². The van der Waals surface area contributed by atoms with Gasteiger partial charge in [0.2, 0.25) is 0 Å². The quantitative estimate of drug-likeness (QED) is 0.829. The largest absolute Gasteiger partial charge is 0.492 e. The molecule has 0 spiro atoms. The summed E-state index contributed by atoms with van der Waals surface area (Å²) in [4.78, 5) is 2.61. The van der Waals surface area contributed by atoms with Gasteiger partial charge in [0.25, 0.3) is 0 Å². The van der Waals surface area contributed by atoms with Gasteiger partial charge in [-0.1, -0.05) is 38.5 Å². The molecule has 112 valence electrons. The molecule has 2 rings (SSSR count). The standard InChI is InChI=1S/C17H28N2O/c1-3-8-16-13-18-15(4-2)14-19(16)11-12-20-17-9-6-5-7-10-17/h5-7,9-10,15-16,18H,3-4,8,11-14H2,1-2H3. The van der Waals surface area contributed by atoms with Crippen LogP contribution in [0.25, 0.3) is 0 Å². The Hall–Kier alpha value is -1.06. The highest BCUT2D eigenvalue weighted by Crippen LogP contribution is 2.14. The van der Waals surface area contributed by atoms with Crippen LogP contribution in [0, 0.1) is 0 Å². The summed E-state index contributed by atoms with van der Waals surface area (Å²) >= 11 is 0. The van der Waals surface area contributed by atoms with E-state index in [-0.39, 0.29) is 0 Å². The fourth-order valence-corrected chi connectivity index (χ4v) is 2.89. The maximum absolute atomic E-state index is 5.84. The van der Waals surface area contributed by atoms with Gasteiger partial charge in [-0.2, -0.15) is 0 Å². The van der Waals surface area contributed by atoms with Crippen LogP contribution in [0.1, 0.15) is 33.1 Å². The summed E-state index contributed by atoms with van der Waals surface area (Å²) in [6.07, 6.45) is 3.73. The second-order valence-corrected chi connectivity index (χ2v) is 5.61. The number of piperazine rings is 1. The van der Waals surface area contributed by atoms with Crippen molar-refractivity contribution in [3.8, 4) is 5.75 Å². The SMILES string of the molecule is CCCC1CNC(CC)CN1CCOc1ccccc1. The van der Waals surface area contributed by atoms with Crippen LogP contribution < -0.4 is 10.1 Å². The Balaban J connectivity index is 1.80. The highest BCUT2D eigenvalue weighted by Gasteiger charge is 2.25. The lowest BCUT2D eigenvalue weighted by atomic mass is 10.0. The van der Waals surface area contributed by atoms with E-state index in [0.29, 0.717) is 12.1 Å². The van der Waals surface area contributed by atoms with Crippen molar-refractivity contribution in [2.24, 2.45) is 0 Å². The van der Waals surface area contributed by atoms with Crippen molar-refractivity contribution in [1.82, 2.24) is 10.2 Å². The van der Waals surface area contributed by atoms with Gasteiger partial charge in [-0.05, 0) is 25.0 Å². The van der Waals surface area contributed by atoms with Crippen molar-refractivity contribution in [3.63, 3.8) is 0 Å². The van der Waals surface area contributed by atoms with Gasteiger partial charge >= 0.3 is 0 Å². The molecular weight excluding hydrogens is 248 g/mol. The topological polar surface area (TPSA) is 24.5 Å². The Morgan fingerprint density at radius 3 is 2.75 bits per heavy atom. The van der Waals surface area contributed by atoms with E-state index in [1.165, 1.54) is 19.3 Å². The van der Waals surface area contributed by atoms with Crippen LogP contribution in [0.3, 0.4) is 0 Å². The third-order valence-corrected chi connectivity index (χ3v) is 4.12. The number of para-hydroxylation sites is 1. The number of benzene rings is 1. The summed E-state index contributed by atoms with van der Waals surface area (Å²) in [5.41, 5.74) is 0. The molecule has 1 heterocycles. The zero-order valence-corrected chi connectivity index (χ0v) is 12.8. The van der Waals surface area contributed by atoms with Crippen LogP contribution in [-0.2, 0) is 0 Å². The average Bonchev–Trinajstić information content (AvgIpc) is 2.50. The van der Waals surface area contributed by atoms with Crippen molar-refractivity contribution in [2.75, 3.05) is 26.2 Å². The van der Waals surface area contributed by atoms with E-state index in [4.69, 9.17) is 4.74 Å². The summed E-state index contributed by atoms with van der Waals surface area (Å²) < 4.78 is 5.84. The summed E-state index contributed by atoms with van der Waals surface area (Å²) in [6, 6.07) is 11.4. The lowest BCUT2D eigenvalue weighted by Crippen LogP contribution is -2.56. The minimum absolute atomic E-state index is 0.639. The highest BCUT2D eigenvalue weighted by molar-refractivity contribution is 5.20. The molecular formula is C17H28N2O. The first-order valence-electron chi connectivity index (χ1n) is 7.98. The molecule has 3 heteroatoms. The molecule has 0 bridgehead atoms. The van der Waals surface area contributed by atoms with Crippen LogP contribution in [0.4, 0.5) is 0 Å². The highest BCUT2D eigenvalue weighted by atomic mass is 16.5. The monoisotopic (exact) mass is 276 g/mol. The lowest BCUT2D eigenvalue weighted by Gasteiger charge is -2.40. The number of nitrogens with one attached hydrogen (secondary N) is 1. The van der Waals surface area contributed by atoms with E-state index >= 15 is 0 Å². The minimum atomic E-state index is 0.639. The second kappa shape index (κ2) is 8.28. The van der Waals surface area contributed by atoms with E-state index in [1.54, 1.807) is 0 Å². The molecule has 2 unspecified atom stereocenters. The van der Waals surface area contributed by atoms with Crippen molar-refractivity contribution in [3.05, 3.63) is 30.3 Å². The first kappa shape index (κ1) is 15.3. The average molecular weight is 276 g/mol. The number of nitrogens with zero attached hydrogens (tertiary/aromatic N) is 1. The summed E-state index contributed by atoms with van der Waals surface area (Å²) in [5, 5.41) is 3.66. The number of ether oxygens (including phenoxy) is 1. The zero-order chi connectivity index (χ0) is 14.2. The summed E-state index contributed by atoms with van der Waals surface area (Å²) in [5.74, 6) is 0.974. The van der Waals surface area contributed by atoms with E-state index in [2.05, 4.69) is 24.1 Å². The molecule has 3 nitrogen and oxygen atoms in total. The van der Waals surface area contributed by atoms with Gasteiger partial charge in [-0.25, -0.2) is 0 Å². The van der Waals surface area contributed by atoms with E-state index in [9.17, 15) is 0 Å². The molecule has 1 aromatic carbocycles. The molecule has 2 atom stereocenters. The predicted octanol–water partition coefficient (Wildman–Crippen LogP) is 2.92. The smallest absolute Gasteiger partial charge is 0.119 e. The van der Waals surface area contributed by atoms with Gasteiger partial charge in [0, 0.05) is 31.7 Å². The van der Waals surface area contributed by atoms with Crippen LogP contribution in [0.15, 0.2) is 30.3 Å². The number of hydrogen-bond donors (Lipinski definition) is 1. The summed E-state index contributed by atoms with van der Waals surface area (Å²) in [6.45, 7) is 8.61. The molecule has 20 heavy (non-hydrogen) atoms. The molecule has 0 amide bonds. The summed E-state index contributed by atoms with van der Waals surface area (Å²) in [7, 11) is 0. The Bertz CT molecular complexity index is 369. The third-order valence-electron chi connectivity index (χ3n) is 4.12. The van der Waals surface area contributed by atoms with E-state index in [1.807, 2.05) is 30.3 Å². The van der Waals surface area contributed by atoms with Crippen molar-refractivity contribution in [2.45, 2.75) is 45.2 Å². The molecule has 0 aromatic heterocycles. The molecule has 0 radical (unpaired) electrons. The van der Waals surface area contributed by atoms with E-state index in [0.717, 1.165) is 32.0 Å². The first-order valence-corrected chi connectivity index (χ1v) is 7.98. The van der Waals surface area contributed by atoms with Gasteiger partial charge in [-0.15, -0.1) is 0 Å². The van der Waals surface area contributed by atoms with E-state index < -0.39 is 0 Å². The molecule has 1 fully saturated rings. The normalized spacial score (nSPS) is 23.7. The minimum Gasteiger partial charge on any atom is -0.492 e. The Morgan fingerprint density at radius 1 is 1.25 bits per heavy atom. The van der Waals surface area contributed by atoms with Crippen molar-refractivity contribution < 1.29 is 4.74 Å². The lowest BCUT2D eigenvalue weighted by molar-refractivity contribution is 0.102. The Morgan fingerprint density at radius 2 is 2.05 bits per heavy atom. The molecule has 0 saturated carbocycles. The van der Waals surface area contributed by atoms with Crippen LogP contribution >= 0.6 is 0 Å². The third kappa shape index (κ3) is 4.50. The Kier molecular flexibility index (Phi) is 6.34. The van der Waals surface area contributed by atoms with Gasteiger partial charge in [0.1, 0.15) is 12.4 Å².